The standard InChI is InChI=1S/C9H13N3O5S2/c1-7-2-4-8(5-3-7)19(16,17)12-18(14,15)6-9(13)11-10/h2-5,12H,6,10H2,1H3,(H,11,13). The molecule has 106 valence electrons. The second-order valence-electron chi connectivity index (χ2n) is 3.73. The first-order valence-electron chi connectivity index (χ1n) is 4.99. The largest absolute Gasteiger partial charge is 0.293 e. The molecular weight excluding hydrogens is 294 g/mol. The highest BCUT2D eigenvalue weighted by Gasteiger charge is 2.24. The van der Waals surface area contributed by atoms with E-state index in [0.29, 0.717) is 0 Å². The summed E-state index contributed by atoms with van der Waals surface area (Å²) in [5.41, 5.74) is 2.42. The molecule has 0 aromatic heterocycles. The number of hydrogen-bond donors (Lipinski definition) is 3. The van der Waals surface area contributed by atoms with Gasteiger partial charge < -0.3 is 0 Å². The topological polar surface area (TPSA) is 135 Å². The van der Waals surface area contributed by atoms with Gasteiger partial charge in [-0.3, -0.25) is 10.2 Å². The molecule has 0 radical (unpaired) electrons. The first-order valence-corrected chi connectivity index (χ1v) is 8.12. The molecule has 0 aliphatic heterocycles. The van der Waals surface area contributed by atoms with Crippen molar-refractivity contribution < 1.29 is 21.6 Å². The third-order valence-electron chi connectivity index (χ3n) is 2.05. The van der Waals surface area contributed by atoms with Crippen molar-refractivity contribution in [3.63, 3.8) is 0 Å². The molecule has 0 fully saturated rings. The lowest BCUT2D eigenvalue weighted by atomic mass is 10.2. The zero-order valence-electron chi connectivity index (χ0n) is 9.95. The molecule has 0 heterocycles. The van der Waals surface area contributed by atoms with Crippen LogP contribution in [-0.2, 0) is 24.8 Å². The summed E-state index contributed by atoms with van der Waals surface area (Å²) in [6.45, 7) is 1.76. The maximum Gasteiger partial charge on any atom is 0.253 e. The third kappa shape index (κ3) is 4.59. The minimum atomic E-state index is -4.34. The molecule has 0 spiro atoms. The number of hydrazine groups is 1. The summed E-state index contributed by atoms with van der Waals surface area (Å²) in [7, 11) is -8.59. The third-order valence-corrected chi connectivity index (χ3v) is 5.48. The maximum absolute atomic E-state index is 11.8. The zero-order valence-corrected chi connectivity index (χ0v) is 11.6. The highest BCUT2D eigenvalue weighted by molar-refractivity contribution is 8.05. The van der Waals surface area contributed by atoms with Gasteiger partial charge in [0.15, 0.2) is 0 Å². The number of amides is 1. The van der Waals surface area contributed by atoms with Crippen LogP contribution in [-0.4, -0.2) is 28.5 Å². The summed E-state index contributed by atoms with van der Waals surface area (Å²) >= 11 is 0. The molecule has 1 aromatic rings. The molecule has 10 heteroatoms. The van der Waals surface area contributed by atoms with E-state index in [9.17, 15) is 21.6 Å². The van der Waals surface area contributed by atoms with Crippen molar-refractivity contribution in [3.05, 3.63) is 29.8 Å². The summed E-state index contributed by atoms with van der Waals surface area (Å²) in [5, 5.41) is 0. The Morgan fingerprint density at radius 3 is 2.16 bits per heavy atom. The predicted octanol–water partition coefficient (Wildman–Crippen LogP) is -1.41. The minimum Gasteiger partial charge on any atom is -0.293 e. The number of nitrogens with two attached hydrogens (primary N) is 1. The SMILES string of the molecule is Cc1ccc(S(=O)(=O)NS(=O)(=O)CC(=O)NN)cc1. The second-order valence-corrected chi connectivity index (χ2v) is 7.39. The fourth-order valence-corrected chi connectivity index (χ4v) is 4.06. The van der Waals surface area contributed by atoms with Gasteiger partial charge in [-0.25, -0.2) is 22.7 Å². The Morgan fingerprint density at radius 1 is 1.16 bits per heavy atom. The van der Waals surface area contributed by atoms with Crippen molar-refractivity contribution in [1.29, 1.82) is 0 Å². The van der Waals surface area contributed by atoms with Crippen LogP contribution in [0.15, 0.2) is 29.2 Å². The van der Waals surface area contributed by atoms with Crippen LogP contribution in [0.3, 0.4) is 0 Å². The van der Waals surface area contributed by atoms with Gasteiger partial charge in [-0.05, 0) is 19.1 Å². The van der Waals surface area contributed by atoms with E-state index in [0.717, 1.165) is 5.56 Å². The summed E-state index contributed by atoms with van der Waals surface area (Å²) < 4.78 is 47.9. The fourth-order valence-electron chi connectivity index (χ4n) is 1.18. The van der Waals surface area contributed by atoms with Crippen molar-refractivity contribution in [2.24, 2.45) is 5.84 Å². The molecule has 0 aliphatic rings. The average Bonchev–Trinajstić information content (AvgIpc) is 2.27. The zero-order chi connectivity index (χ0) is 14.7. The van der Waals surface area contributed by atoms with Crippen LogP contribution in [0.2, 0.25) is 0 Å². The quantitative estimate of drug-likeness (QED) is 0.347. The van der Waals surface area contributed by atoms with E-state index in [1.165, 1.54) is 28.4 Å². The summed E-state index contributed by atoms with van der Waals surface area (Å²) in [5.74, 6) is 2.63. The number of carbonyl (C=O) groups is 1. The van der Waals surface area contributed by atoms with Crippen molar-refractivity contribution in [2.75, 3.05) is 5.75 Å². The number of nitrogens with one attached hydrogen (secondary N) is 2. The molecule has 8 nitrogen and oxygen atoms in total. The second kappa shape index (κ2) is 5.65. The van der Waals surface area contributed by atoms with Gasteiger partial charge >= 0.3 is 0 Å². The monoisotopic (exact) mass is 307 g/mol. The van der Waals surface area contributed by atoms with E-state index in [1.54, 1.807) is 12.3 Å². The molecule has 1 rings (SSSR count). The van der Waals surface area contributed by atoms with E-state index < -0.39 is 31.7 Å². The molecule has 0 unspecified atom stereocenters. The first-order chi connectivity index (χ1) is 8.66. The van der Waals surface area contributed by atoms with Crippen molar-refractivity contribution >= 4 is 26.0 Å². The van der Waals surface area contributed by atoms with Crippen molar-refractivity contribution in [2.45, 2.75) is 11.8 Å². The number of carbonyl (C=O) groups excluding carboxylic acids is 1. The highest BCUT2D eigenvalue weighted by Crippen LogP contribution is 2.10. The van der Waals surface area contributed by atoms with Crippen LogP contribution in [0.4, 0.5) is 0 Å². The number of rotatable bonds is 5. The van der Waals surface area contributed by atoms with Gasteiger partial charge in [-0.1, -0.05) is 17.7 Å². The fraction of sp³-hybridized carbons (Fsp3) is 0.222. The van der Waals surface area contributed by atoms with E-state index in [1.807, 2.05) is 0 Å². The number of sulfonamides is 2. The van der Waals surface area contributed by atoms with E-state index in [2.05, 4.69) is 0 Å². The Morgan fingerprint density at radius 2 is 1.68 bits per heavy atom. The highest BCUT2D eigenvalue weighted by atomic mass is 32.3. The summed E-state index contributed by atoms with van der Waals surface area (Å²) in [4.78, 5) is 10.6. The molecule has 0 saturated carbocycles. The van der Waals surface area contributed by atoms with Crippen LogP contribution in [0, 0.1) is 6.92 Å². The van der Waals surface area contributed by atoms with Gasteiger partial charge in [0.2, 0.25) is 10.0 Å². The molecule has 0 bridgehead atoms. The molecule has 1 amide bonds. The van der Waals surface area contributed by atoms with Crippen LogP contribution in [0.5, 0.6) is 0 Å². The normalized spacial score (nSPS) is 12.1. The van der Waals surface area contributed by atoms with Gasteiger partial charge in [-0.2, -0.15) is 0 Å². The molecule has 4 N–H and O–H groups in total. The molecular formula is C9H13N3O5S2. The van der Waals surface area contributed by atoms with Crippen LogP contribution < -0.4 is 15.4 Å². The Labute approximate surface area is 111 Å². The average molecular weight is 307 g/mol. The Kier molecular flexibility index (Phi) is 4.63. The van der Waals surface area contributed by atoms with Gasteiger partial charge in [0, 0.05) is 0 Å². The van der Waals surface area contributed by atoms with Crippen LogP contribution in [0.1, 0.15) is 5.56 Å². The lowest BCUT2D eigenvalue weighted by Crippen LogP contribution is -2.41. The number of aryl methyl sites for hydroxylation is 1. The molecule has 0 saturated heterocycles. The Balaban J connectivity index is 2.97. The molecule has 0 atom stereocenters. The van der Waals surface area contributed by atoms with Gasteiger partial charge in [0.25, 0.3) is 15.9 Å². The predicted molar refractivity (Wildman–Crippen MR) is 67.6 cm³/mol. The number of hydrogen-bond acceptors (Lipinski definition) is 6. The summed E-state index contributed by atoms with van der Waals surface area (Å²) in [6.07, 6.45) is 0. The van der Waals surface area contributed by atoms with Crippen molar-refractivity contribution in [1.82, 2.24) is 9.55 Å². The number of benzene rings is 1. The van der Waals surface area contributed by atoms with Gasteiger partial charge in [0.05, 0.1) is 4.90 Å². The maximum atomic E-state index is 11.8. The molecule has 0 aliphatic carbocycles. The van der Waals surface area contributed by atoms with Gasteiger partial charge in [0.1, 0.15) is 5.75 Å². The van der Waals surface area contributed by atoms with E-state index in [-0.39, 0.29) is 4.90 Å². The lowest BCUT2D eigenvalue weighted by Gasteiger charge is -2.07. The Bertz CT molecular complexity index is 664. The molecule has 1 aromatic carbocycles. The van der Waals surface area contributed by atoms with E-state index in [4.69, 9.17) is 5.84 Å². The van der Waals surface area contributed by atoms with Crippen molar-refractivity contribution in [3.8, 4) is 0 Å². The Hall–Kier alpha value is -1.49. The van der Waals surface area contributed by atoms with Gasteiger partial charge in [-0.15, -0.1) is 4.13 Å². The minimum absolute atomic E-state index is 0.213. The van der Waals surface area contributed by atoms with Crippen LogP contribution >= 0.6 is 0 Å². The lowest BCUT2D eigenvalue weighted by molar-refractivity contribution is -0.118. The summed E-state index contributed by atoms with van der Waals surface area (Å²) in [6, 6.07) is 5.56. The first kappa shape index (κ1) is 15.6. The molecule has 19 heavy (non-hydrogen) atoms. The van der Waals surface area contributed by atoms with Crippen LogP contribution in [0.25, 0.3) is 0 Å². The smallest absolute Gasteiger partial charge is 0.253 e. The van der Waals surface area contributed by atoms with E-state index >= 15 is 0 Å².